The third-order valence-electron chi connectivity index (χ3n) is 2.47. The van der Waals surface area contributed by atoms with E-state index >= 15 is 0 Å². The van der Waals surface area contributed by atoms with Gasteiger partial charge in [0.15, 0.2) is 0 Å². The number of carbonyl (C=O) groups is 1. The molecule has 0 amide bonds. The molecule has 0 aromatic heterocycles. The molecule has 0 fully saturated rings. The topological polar surface area (TPSA) is 86.7 Å². The summed E-state index contributed by atoms with van der Waals surface area (Å²) in [5.74, 6) is -1.44. The SMILES string of the molecule is CCN(C)S(=O)(=O)NCC(CC(C)C)C(=O)O. The van der Waals surface area contributed by atoms with E-state index in [4.69, 9.17) is 5.11 Å². The Bertz CT molecular complexity index is 340. The fraction of sp³-hybridized carbons (Fsp3) is 0.900. The van der Waals surface area contributed by atoms with Gasteiger partial charge in [0.2, 0.25) is 0 Å². The molecule has 1 atom stereocenters. The standard InChI is InChI=1S/C10H22N2O4S/c1-5-12(4)17(15,16)11-7-9(10(13)14)6-8(2)3/h8-9,11H,5-7H2,1-4H3,(H,13,14). The van der Waals surface area contributed by atoms with Crippen molar-refractivity contribution in [1.82, 2.24) is 9.03 Å². The smallest absolute Gasteiger partial charge is 0.307 e. The second-order valence-electron chi connectivity index (χ2n) is 4.43. The number of carboxylic acids is 1. The van der Waals surface area contributed by atoms with Crippen LogP contribution in [-0.4, -0.2) is 43.9 Å². The molecule has 7 heteroatoms. The quantitative estimate of drug-likeness (QED) is 0.670. The molecule has 6 nitrogen and oxygen atoms in total. The van der Waals surface area contributed by atoms with E-state index in [0.717, 1.165) is 4.31 Å². The lowest BCUT2D eigenvalue weighted by Crippen LogP contribution is -2.41. The van der Waals surface area contributed by atoms with Crippen LogP contribution in [0.1, 0.15) is 27.2 Å². The number of rotatable bonds is 8. The molecule has 102 valence electrons. The van der Waals surface area contributed by atoms with Crippen LogP contribution in [0.25, 0.3) is 0 Å². The minimum Gasteiger partial charge on any atom is -0.481 e. The lowest BCUT2D eigenvalue weighted by molar-refractivity contribution is -0.142. The highest BCUT2D eigenvalue weighted by Crippen LogP contribution is 2.11. The van der Waals surface area contributed by atoms with Gasteiger partial charge in [-0.25, -0.2) is 4.72 Å². The molecule has 1 unspecified atom stereocenters. The van der Waals surface area contributed by atoms with Gasteiger partial charge in [0.05, 0.1) is 5.92 Å². The van der Waals surface area contributed by atoms with E-state index in [1.807, 2.05) is 13.8 Å². The van der Waals surface area contributed by atoms with Gasteiger partial charge in [0, 0.05) is 20.1 Å². The normalized spacial score (nSPS) is 14.2. The van der Waals surface area contributed by atoms with Crippen LogP contribution in [0.2, 0.25) is 0 Å². The van der Waals surface area contributed by atoms with Gasteiger partial charge in [-0.3, -0.25) is 4.79 Å². The van der Waals surface area contributed by atoms with Crippen LogP contribution in [0.5, 0.6) is 0 Å². The van der Waals surface area contributed by atoms with Crippen molar-refractivity contribution < 1.29 is 18.3 Å². The van der Waals surface area contributed by atoms with Crippen LogP contribution in [0.4, 0.5) is 0 Å². The molecule has 0 aliphatic carbocycles. The van der Waals surface area contributed by atoms with Crippen molar-refractivity contribution in [2.24, 2.45) is 11.8 Å². The molecule has 0 rings (SSSR count). The molecular weight excluding hydrogens is 244 g/mol. The number of nitrogens with zero attached hydrogens (tertiary/aromatic N) is 1. The third kappa shape index (κ3) is 5.99. The maximum absolute atomic E-state index is 11.6. The van der Waals surface area contributed by atoms with Gasteiger partial charge in [-0.15, -0.1) is 0 Å². The van der Waals surface area contributed by atoms with Crippen LogP contribution < -0.4 is 4.72 Å². The van der Waals surface area contributed by atoms with E-state index < -0.39 is 22.1 Å². The Hall–Kier alpha value is -0.660. The summed E-state index contributed by atoms with van der Waals surface area (Å²) in [7, 11) is -2.11. The first kappa shape index (κ1) is 16.3. The molecule has 0 radical (unpaired) electrons. The van der Waals surface area contributed by atoms with Gasteiger partial charge in [0.1, 0.15) is 0 Å². The molecular formula is C10H22N2O4S. The molecule has 0 heterocycles. The average molecular weight is 266 g/mol. The summed E-state index contributed by atoms with van der Waals surface area (Å²) in [5.41, 5.74) is 0. The van der Waals surface area contributed by atoms with Crippen molar-refractivity contribution in [3.8, 4) is 0 Å². The second-order valence-corrected chi connectivity index (χ2v) is 6.29. The largest absolute Gasteiger partial charge is 0.481 e. The summed E-state index contributed by atoms with van der Waals surface area (Å²) in [4.78, 5) is 10.9. The predicted molar refractivity (Wildman–Crippen MR) is 65.8 cm³/mol. The van der Waals surface area contributed by atoms with E-state index in [-0.39, 0.29) is 12.5 Å². The Morgan fingerprint density at radius 2 is 1.94 bits per heavy atom. The number of aliphatic carboxylic acids is 1. The summed E-state index contributed by atoms with van der Waals surface area (Å²) < 4.78 is 26.6. The zero-order chi connectivity index (χ0) is 13.6. The molecule has 2 N–H and O–H groups in total. The van der Waals surface area contributed by atoms with Crippen molar-refractivity contribution >= 4 is 16.2 Å². The molecule has 0 saturated carbocycles. The van der Waals surface area contributed by atoms with Crippen molar-refractivity contribution in [3.63, 3.8) is 0 Å². The van der Waals surface area contributed by atoms with Gasteiger partial charge in [-0.05, 0) is 12.3 Å². The molecule has 0 bridgehead atoms. The van der Waals surface area contributed by atoms with Crippen molar-refractivity contribution in [1.29, 1.82) is 0 Å². The minimum absolute atomic E-state index is 0.0693. The highest BCUT2D eigenvalue weighted by atomic mass is 32.2. The minimum atomic E-state index is -3.55. The molecule has 0 aromatic carbocycles. The van der Waals surface area contributed by atoms with E-state index in [0.29, 0.717) is 13.0 Å². The van der Waals surface area contributed by atoms with Crippen LogP contribution >= 0.6 is 0 Å². The summed E-state index contributed by atoms with van der Waals surface area (Å²) in [6.45, 7) is 5.80. The highest BCUT2D eigenvalue weighted by Gasteiger charge is 2.23. The molecule has 0 spiro atoms. The Morgan fingerprint density at radius 1 is 1.41 bits per heavy atom. The van der Waals surface area contributed by atoms with Crippen LogP contribution in [-0.2, 0) is 15.0 Å². The summed E-state index contributed by atoms with van der Waals surface area (Å²) in [6, 6.07) is 0. The second kappa shape index (κ2) is 6.93. The van der Waals surface area contributed by atoms with E-state index in [1.165, 1.54) is 7.05 Å². The van der Waals surface area contributed by atoms with Crippen LogP contribution in [0.15, 0.2) is 0 Å². The number of hydrogen-bond acceptors (Lipinski definition) is 3. The van der Waals surface area contributed by atoms with Crippen molar-refractivity contribution in [2.45, 2.75) is 27.2 Å². The fourth-order valence-corrected chi connectivity index (χ4v) is 2.30. The Morgan fingerprint density at radius 3 is 2.29 bits per heavy atom. The van der Waals surface area contributed by atoms with Gasteiger partial charge in [0.25, 0.3) is 10.2 Å². The maximum Gasteiger partial charge on any atom is 0.307 e. The Kier molecular flexibility index (Phi) is 6.66. The monoisotopic (exact) mass is 266 g/mol. The fourth-order valence-electron chi connectivity index (χ4n) is 1.33. The van der Waals surface area contributed by atoms with E-state index in [9.17, 15) is 13.2 Å². The van der Waals surface area contributed by atoms with Crippen LogP contribution in [0, 0.1) is 11.8 Å². The Labute approximate surface area is 103 Å². The zero-order valence-corrected chi connectivity index (χ0v) is 11.6. The van der Waals surface area contributed by atoms with Gasteiger partial charge < -0.3 is 5.11 Å². The Balaban J connectivity index is 4.46. The van der Waals surface area contributed by atoms with Gasteiger partial charge >= 0.3 is 5.97 Å². The first-order valence-corrected chi connectivity index (χ1v) is 7.08. The first-order valence-electron chi connectivity index (χ1n) is 5.64. The van der Waals surface area contributed by atoms with E-state index in [1.54, 1.807) is 6.92 Å². The van der Waals surface area contributed by atoms with Crippen LogP contribution in [0.3, 0.4) is 0 Å². The summed E-state index contributed by atoms with van der Waals surface area (Å²) in [6.07, 6.45) is 0.452. The lowest BCUT2D eigenvalue weighted by Gasteiger charge is -2.19. The highest BCUT2D eigenvalue weighted by molar-refractivity contribution is 7.87. The molecule has 0 saturated heterocycles. The maximum atomic E-state index is 11.6. The summed E-state index contributed by atoms with van der Waals surface area (Å²) >= 11 is 0. The average Bonchev–Trinajstić information content (AvgIpc) is 2.22. The summed E-state index contributed by atoms with van der Waals surface area (Å²) in [5, 5.41) is 8.97. The molecule has 0 aliphatic rings. The zero-order valence-electron chi connectivity index (χ0n) is 10.8. The molecule has 0 aromatic rings. The van der Waals surface area contributed by atoms with Crippen molar-refractivity contribution in [3.05, 3.63) is 0 Å². The number of carboxylic acid groups (broad SMARTS) is 1. The predicted octanol–water partition coefficient (Wildman–Crippen LogP) is 0.519. The third-order valence-corrected chi connectivity index (χ3v) is 4.08. The number of nitrogens with one attached hydrogen (secondary N) is 1. The number of hydrogen-bond donors (Lipinski definition) is 2. The van der Waals surface area contributed by atoms with Crippen molar-refractivity contribution in [2.75, 3.05) is 20.1 Å². The van der Waals surface area contributed by atoms with E-state index in [2.05, 4.69) is 4.72 Å². The molecule has 0 aliphatic heterocycles. The first-order chi connectivity index (χ1) is 7.70. The molecule has 17 heavy (non-hydrogen) atoms. The lowest BCUT2D eigenvalue weighted by atomic mass is 9.98. The van der Waals surface area contributed by atoms with Gasteiger partial charge in [-0.2, -0.15) is 12.7 Å². The van der Waals surface area contributed by atoms with Gasteiger partial charge in [-0.1, -0.05) is 20.8 Å².